The number of ketones is 2. The maximum absolute atomic E-state index is 17.4. The van der Waals surface area contributed by atoms with Gasteiger partial charge in [0.2, 0.25) is 17.9 Å². The first-order chi connectivity index (χ1) is 16.6. The van der Waals surface area contributed by atoms with E-state index < -0.39 is 93.8 Å². The number of hydrogen-bond donors (Lipinski definition) is 1. The van der Waals surface area contributed by atoms with Crippen molar-refractivity contribution >= 4 is 11.6 Å². The first-order valence-electron chi connectivity index (χ1n) is 12.3. The van der Waals surface area contributed by atoms with Crippen molar-refractivity contribution in [1.29, 1.82) is 0 Å². The SMILES string of the molecule is COC(OC)C(=O)[C@@]12OC(C)(C)O[C@@H]1C[C@H]1[C@@H]3C[C@H](F)C4=C(F)C(=O)C=C[C@]4(C)[C@@]3(F)[C@@H](O)C[C@@]12C. The number of rotatable bonds is 4. The topological polar surface area (TPSA) is 91.3 Å². The van der Waals surface area contributed by atoms with Gasteiger partial charge in [-0.15, -0.1) is 0 Å². The van der Waals surface area contributed by atoms with Gasteiger partial charge >= 0.3 is 0 Å². The van der Waals surface area contributed by atoms with E-state index in [1.807, 2.05) is 0 Å². The Hall–Kier alpha value is -1.59. The van der Waals surface area contributed by atoms with E-state index in [0.717, 1.165) is 6.08 Å². The zero-order valence-corrected chi connectivity index (χ0v) is 21.3. The summed E-state index contributed by atoms with van der Waals surface area (Å²) in [6.45, 7) is 6.38. The Labute approximate surface area is 208 Å². The number of ether oxygens (including phenoxy) is 4. The number of alkyl halides is 2. The van der Waals surface area contributed by atoms with E-state index in [1.165, 1.54) is 27.2 Å². The molecule has 0 aromatic heterocycles. The number of carbonyl (C=O) groups is 2. The summed E-state index contributed by atoms with van der Waals surface area (Å²) >= 11 is 0. The molecule has 5 rings (SSSR count). The Morgan fingerprint density at radius 1 is 1.17 bits per heavy atom. The number of aliphatic hydroxyl groups excluding tert-OH is 1. The van der Waals surface area contributed by atoms with Crippen LogP contribution < -0.4 is 0 Å². The summed E-state index contributed by atoms with van der Waals surface area (Å²) < 4.78 is 70.9. The van der Waals surface area contributed by atoms with E-state index in [9.17, 15) is 19.1 Å². The average Bonchev–Trinajstić information content (AvgIpc) is 3.20. The molecule has 0 aromatic rings. The lowest BCUT2D eigenvalue weighted by Gasteiger charge is -2.63. The normalized spacial score (nSPS) is 49.1. The molecule has 1 N–H and O–H groups in total. The average molecular weight is 515 g/mol. The van der Waals surface area contributed by atoms with E-state index in [4.69, 9.17) is 18.9 Å². The molecular formula is C26H33F3O7. The van der Waals surface area contributed by atoms with Crippen LogP contribution in [0, 0.1) is 22.7 Å². The summed E-state index contributed by atoms with van der Waals surface area (Å²) in [5, 5.41) is 11.5. The molecule has 0 unspecified atom stereocenters. The Bertz CT molecular complexity index is 1070. The molecular weight excluding hydrogens is 481 g/mol. The lowest BCUT2D eigenvalue weighted by Crippen LogP contribution is -2.71. The Morgan fingerprint density at radius 3 is 2.42 bits per heavy atom. The van der Waals surface area contributed by atoms with Crippen LogP contribution >= 0.6 is 0 Å². The van der Waals surface area contributed by atoms with Gasteiger partial charge in [0.1, 0.15) is 6.17 Å². The van der Waals surface area contributed by atoms with Crippen molar-refractivity contribution in [1.82, 2.24) is 0 Å². The predicted molar refractivity (Wildman–Crippen MR) is 120 cm³/mol. The second-order valence-electron chi connectivity index (χ2n) is 11.7. The Kier molecular flexibility index (Phi) is 5.59. The highest BCUT2D eigenvalue weighted by Gasteiger charge is 2.81. The fourth-order valence-corrected chi connectivity index (χ4v) is 8.32. The molecule has 0 bridgehead atoms. The number of methoxy groups -OCH3 is 2. The van der Waals surface area contributed by atoms with Gasteiger partial charge in [-0.05, 0) is 52.0 Å². The van der Waals surface area contributed by atoms with Crippen LogP contribution in [0.1, 0.15) is 47.0 Å². The van der Waals surface area contributed by atoms with Crippen molar-refractivity contribution in [2.24, 2.45) is 22.7 Å². The molecule has 200 valence electrons. The van der Waals surface area contributed by atoms with Crippen LogP contribution in [0.4, 0.5) is 13.2 Å². The standard InChI is InChI=1S/C26H33F3O7/c1-22(2)35-17-10-12-13-9-14(27)18-19(28)15(30)7-8-23(18,3)25(13,29)16(31)11-24(12,4)26(17,36-22)20(32)21(33-5)34-6/h7-8,12-14,16-17,21,31H,9-11H2,1-6H3/t12-,13-,14-,16-,17+,23-,24-,25-,26-/m0/s1. The van der Waals surface area contributed by atoms with E-state index in [-0.39, 0.29) is 12.8 Å². The molecule has 4 aliphatic carbocycles. The first-order valence-corrected chi connectivity index (χ1v) is 12.3. The van der Waals surface area contributed by atoms with Gasteiger partial charge < -0.3 is 24.1 Å². The minimum absolute atomic E-state index is 0.155. The van der Waals surface area contributed by atoms with Gasteiger partial charge in [0.25, 0.3) is 0 Å². The Balaban J connectivity index is 1.67. The molecule has 1 heterocycles. The van der Waals surface area contributed by atoms with Crippen molar-refractivity contribution in [3.05, 3.63) is 23.6 Å². The molecule has 5 aliphatic rings. The fraction of sp³-hybridized carbons (Fsp3) is 0.769. The smallest absolute Gasteiger partial charge is 0.223 e. The van der Waals surface area contributed by atoms with E-state index in [0.29, 0.717) is 0 Å². The number of carbonyl (C=O) groups excluding carboxylic acids is 2. The van der Waals surface area contributed by atoms with Gasteiger partial charge in [0.15, 0.2) is 22.9 Å². The second-order valence-corrected chi connectivity index (χ2v) is 11.7. The van der Waals surface area contributed by atoms with Gasteiger partial charge in [-0.1, -0.05) is 13.0 Å². The van der Waals surface area contributed by atoms with E-state index in [1.54, 1.807) is 20.8 Å². The number of halogens is 3. The molecule has 4 fully saturated rings. The molecule has 7 nitrogen and oxygen atoms in total. The summed E-state index contributed by atoms with van der Waals surface area (Å²) in [6, 6.07) is 0. The largest absolute Gasteiger partial charge is 0.390 e. The number of Topliss-reactive ketones (excluding diaryl/α,β-unsaturated/α-hetero) is 1. The summed E-state index contributed by atoms with van der Waals surface area (Å²) in [5.41, 5.74) is -7.79. The molecule has 36 heavy (non-hydrogen) atoms. The van der Waals surface area contributed by atoms with E-state index >= 15 is 8.78 Å². The minimum Gasteiger partial charge on any atom is -0.390 e. The summed E-state index contributed by atoms with van der Waals surface area (Å²) in [5.74, 6) is -5.83. The molecule has 0 amide bonds. The van der Waals surface area contributed by atoms with Crippen LogP contribution in [0.25, 0.3) is 0 Å². The molecule has 3 saturated carbocycles. The molecule has 9 atom stereocenters. The van der Waals surface area contributed by atoms with Crippen LogP contribution in [0.2, 0.25) is 0 Å². The highest BCUT2D eigenvalue weighted by molar-refractivity contribution is 6.04. The van der Waals surface area contributed by atoms with Crippen molar-refractivity contribution < 1.29 is 46.8 Å². The highest BCUT2D eigenvalue weighted by atomic mass is 19.2. The molecule has 10 heteroatoms. The van der Waals surface area contributed by atoms with Crippen LogP contribution in [-0.2, 0) is 28.5 Å². The predicted octanol–water partition coefficient (Wildman–Crippen LogP) is 3.29. The molecule has 1 aliphatic heterocycles. The zero-order valence-electron chi connectivity index (χ0n) is 21.3. The maximum atomic E-state index is 17.4. The molecule has 0 spiro atoms. The van der Waals surface area contributed by atoms with Gasteiger partial charge in [0.05, 0.1) is 12.2 Å². The lowest BCUT2D eigenvalue weighted by atomic mass is 9.44. The highest BCUT2D eigenvalue weighted by Crippen LogP contribution is 2.73. The Morgan fingerprint density at radius 2 is 1.81 bits per heavy atom. The summed E-state index contributed by atoms with van der Waals surface area (Å²) in [4.78, 5) is 25.9. The van der Waals surface area contributed by atoms with Crippen molar-refractivity contribution in [3.8, 4) is 0 Å². The third-order valence-electron chi connectivity index (χ3n) is 9.71. The molecule has 0 aromatic carbocycles. The number of aliphatic hydroxyl groups is 1. The van der Waals surface area contributed by atoms with Crippen LogP contribution in [0.15, 0.2) is 23.6 Å². The van der Waals surface area contributed by atoms with Crippen molar-refractivity contribution in [2.75, 3.05) is 14.2 Å². The number of hydrogen-bond acceptors (Lipinski definition) is 7. The van der Waals surface area contributed by atoms with E-state index in [2.05, 4.69) is 0 Å². The zero-order chi connectivity index (χ0) is 26.6. The van der Waals surface area contributed by atoms with Crippen LogP contribution in [-0.4, -0.2) is 72.6 Å². The number of allylic oxidation sites excluding steroid dienone is 4. The van der Waals surface area contributed by atoms with Gasteiger partial charge in [0, 0.05) is 36.5 Å². The first kappa shape index (κ1) is 26.0. The monoisotopic (exact) mass is 514 g/mol. The fourth-order valence-electron chi connectivity index (χ4n) is 8.32. The third-order valence-corrected chi connectivity index (χ3v) is 9.71. The molecule has 0 radical (unpaired) electrons. The molecule has 1 saturated heterocycles. The van der Waals surface area contributed by atoms with Gasteiger partial charge in [-0.25, -0.2) is 13.2 Å². The minimum atomic E-state index is -2.50. The van der Waals surface area contributed by atoms with Crippen LogP contribution in [0.5, 0.6) is 0 Å². The lowest BCUT2D eigenvalue weighted by molar-refractivity contribution is -0.254. The van der Waals surface area contributed by atoms with Crippen molar-refractivity contribution in [3.63, 3.8) is 0 Å². The maximum Gasteiger partial charge on any atom is 0.223 e. The van der Waals surface area contributed by atoms with Crippen molar-refractivity contribution in [2.45, 2.75) is 88.7 Å². The third kappa shape index (κ3) is 2.82. The quantitative estimate of drug-likeness (QED) is 0.576. The second kappa shape index (κ2) is 7.72. The number of fused-ring (bicyclic) bond motifs is 7. The summed E-state index contributed by atoms with van der Waals surface area (Å²) in [6.07, 6.45) is -4.26. The summed E-state index contributed by atoms with van der Waals surface area (Å²) in [7, 11) is 2.62. The van der Waals surface area contributed by atoms with Gasteiger partial charge in [-0.2, -0.15) is 0 Å². The van der Waals surface area contributed by atoms with Crippen LogP contribution in [0.3, 0.4) is 0 Å². The van der Waals surface area contributed by atoms with Gasteiger partial charge in [-0.3, -0.25) is 9.59 Å².